The number of anilines is 1. The van der Waals surface area contributed by atoms with Gasteiger partial charge in [-0.15, -0.1) is 0 Å². The molecule has 2 fully saturated rings. The van der Waals surface area contributed by atoms with Gasteiger partial charge in [0.05, 0.1) is 5.69 Å². The largest absolute Gasteiger partial charge is 0.339 e. The number of hydrogen-bond acceptors (Lipinski definition) is 5. The Morgan fingerprint density at radius 3 is 2.59 bits per heavy atom. The van der Waals surface area contributed by atoms with Crippen molar-refractivity contribution >= 4 is 17.6 Å². The van der Waals surface area contributed by atoms with E-state index in [1.807, 2.05) is 13.8 Å². The maximum Gasteiger partial charge on any atom is 0.270 e. The molecular formula is C27H34FN7O2. The summed E-state index contributed by atoms with van der Waals surface area (Å²) in [6, 6.07) is 3.32. The molecule has 1 atom stereocenters. The van der Waals surface area contributed by atoms with E-state index in [4.69, 9.17) is 6.85 Å². The van der Waals surface area contributed by atoms with Crippen molar-refractivity contribution in [2.24, 2.45) is 17.8 Å². The smallest absolute Gasteiger partial charge is 0.270 e. The Kier molecular flexibility index (Phi) is 5.32. The molecule has 3 aromatic rings. The number of aromatic nitrogens is 5. The third-order valence-corrected chi connectivity index (χ3v) is 7.11. The van der Waals surface area contributed by atoms with Crippen molar-refractivity contribution < 1.29 is 20.8 Å². The van der Waals surface area contributed by atoms with Crippen molar-refractivity contribution in [1.82, 2.24) is 30.3 Å². The first-order valence-electron chi connectivity index (χ1n) is 15.1. The number of amides is 2. The van der Waals surface area contributed by atoms with Crippen molar-refractivity contribution in [3.63, 3.8) is 0 Å². The SMILES string of the molecule is [2H]C([2H])([2H])C([2H])([2H])c1n[nH]c(C)c1-c1ccc(NC(=O)[C@@H](NC(=O)c2ccnn2C(C)C)C(C2CC2)C2CC2)nc1F. The fourth-order valence-corrected chi connectivity index (χ4v) is 5.09. The topological polar surface area (TPSA) is 118 Å². The van der Waals surface area contributed by atoms with E-state index in [0.29, 0.717) is 17.5 Å². The minimum absolute atomic E-state index is 0.0477. The van der Waals surface area contributed by atoms with Crippen LogP contribution in [0.15, 0.2) is 24.4 Å². The molecule has 196 valence electrons. The number of aryl methyl sites for hydroxylation is 2. The van der Waals surface area contributed by atoms with Crippen LogP contribution < -0.4 is 10.6 Å². The summed E-state index contributed by atoms with van der Waals surface area (Å²) >= 11 is 0. The molecule has 37 heavy (non-hydrogen) atoms. The van der Waals surface area contributed by atoms with Crippen molar-refractivity contribution in [2.75, 3.05) is 5.32 Å². The number of H-pyrrole nitrogens is 1. The highest BCUT2D eigenvalue weighted by atomic mass is 19.1. The molecule has 3 heterocycles. The average molecular weight is 513 g/mol. The molecule has 2 aliphatic rings. The lowest BCUT2D eigenvalue weighted by Gasteiger charge is -2.27. The molecule has 0 aliphatic heterocycles. The third kappa shape index (κ3) is 5.14. The fraction of sp³-hybridized carbons (Fsp3) is 0.519. The summed E-state index contributed by atoms with van der Waals surface area (Å²) in [4.78, 5) is 30.9. The number of carbonyl (C=O) groups is 2. The first-order valence-corrected chi connectivity index (χ1v) is 12.6. The monoisotopic (exact) mass is 512 g/mol. The zero-order valence-corrected chi connectivity index (χ0v) is 21.0. The van der Waals surface area contributed by atoms with Crippen molar-refractivity contribution in [3.8, 4) is 11.1 Å². The minimum Gasteiger partial charge on any atom is -0.339 e. The summed E-state index contributed by atoms with van der Waals surface area (Å²) in [5.74, 6) is -1.51. The molecular weight excluding hydrogens is 473 g/mol. The predicted octanol–water partition coefficient (Wildman–Crippen LogP) is 4.43. The number of pyridine rings is 1. The normalized spacial score (nSPS) is 19.0. The van der Waals surface area contributed by atoms with Crippen molar-refractivity contribution in [3.05, 3.63) is 47.4 Å². The molecule has 0 radical (unpaired) electrons. The molecule has 9 nitrogen and oxygen atoms in total. The van der Waals surface area contributed by atoms with E-state index < -0.39 is 42.7 Å². The molecule has 0 saturated heterocycles. The number of rotatable bonds is 10. The summed E-state index contributed by atoms with van der Waals surface area (Å²) in [6.45, 7) is 2.28. The number of hydrogen-bond donors (Lipinski definition) is 3. The molecule has 0 bridgehead atoms. The van der Waals surface area contributed by atoms with E-state index in [9.17, 15) is 9.59 Å². The van der Waals surface area contributed by atoms with E-state index in [0.717, 1.165) is 25.7 Å². The van der Waals surface area contributed by atoms with Crippen LogP contribution in [0.4, 0.5) is 10.2 Å². The van der Waals surface area contributed by atoms with Gasteiger partial charge in [0.15, 0.2) is 0 Å². The quantitative estimate of drug-likeness (QED) is 0.347. The van der Waals surface area contributed by atoms with Crippen molar-refractivity contribution in [1.29, 1.82) is 0 Å². The van der Waals surface area contributed by atoms with E-state index >= 15 is 4.39 Å². The summed E-state index contributed by atoms with van der Waals surface area (Å²) in [7, 11) is 0. The van der Waals surface area contributed by atoms with Gasteiger partial charge in [-0.2, -0.15) is 14.6 Å². The summed E-state index contributed by atoms with van der Waals surface area (Å²) in [5, 5.41) is 16.2. The van der Waals surface area contributed by atoms with Crippen LogP contribution in [0.1, 0.15) is 81.2 Å². The summed E-state index contributed by atoms with van der Waals surface area (Å²) in [6.07, 6.45) is 2.58. The maximum absolute atomic E-state index is 15.4. The molecule has 0 aromatic carbocycles. The maximum atomic E-state index is 15.4. The number of aromatic amines is 1. The molecule has 2 aliphatic carbocycles. The highest BCUT2D eigenvalue weighted by molar-refractivity contribution is 6.00. The van der Waals surface area contributed by atoms with Gasteiger partial charge >= 0.3 is 0 Å². The molecule has 2 amide bonds. The van der Waals surface area contributed by atoms with Gasteiger partial charge in [-0.1, -0.05) is 6.85 Å². The van der Waals surface area contributed by atoms with E-state index in [1.165, 1.54) is 25.3 Å². The minimum atomic E-state index is -3.05. The molecule has 0 spiro atoms. The van der Waals surface area contributed by atoms with Crippen LogP contribution in [0.25, 0.3) is 11.1 Å². The Labute approximate surface area is 222 Å². The van der Waals surface area contributed by atoms with Crippen LogP contribution in [-0.4, -0.2) is 42.8 Å². The Hall–Kier alpha value is -3.56. The second kappa shape index (κ2) is 10.1. The van der Waals surface area contributed by atoms with Gasteiger partial charge in [0.1, 0.15) is 17.6 Å². The summed E-state index contributed by atoms with van der Waals surface area (Å²) < 4.78 is 56.0. The Bertz CT molecular complexity index is 1480. The van der Waals surface area contributed by atoms with Gasteiger partial charge < -0.3 is 10.6 Å². The van der Waals surface area contributed by atoms with Gasteiger partial charge in [0.2, 0.25) is 11.9 Å². The van der Waals surface area contributed by atoms with Gasteiger partial charge in [-0.3, -0.25) is 19.4 Å². The standard InChI is InChI=1S/C27H34FN7O2/c1-5-19-22(15(4)33-34-19)18-10-11-21(30-25(18)28)31-27(37)24(23(16-6-7-16)17-8-9-17)32-26(36)20-12-13-29-35(20)14(2)3/h10-14,16-17,23-24H,5-9H2,1-4H3,(H,32,36)(H,33,34)(H,30,31,37)/t24-/m0/s1/i1D3,5D2. The molecule has 2 saturated carbocycles. The Morgan fingerprint density at radius 2 is 1.97 bits per heavy atom. The van der Waals surface area contributed by atoms with Crippen LogP contribution in [-0.2, 0) is 11.2 Å². The fourth-order valence-electron chi connectivity index (χ4n) is 5.09. The lowest BCUT2D eigenvalue weighted by atomic mass is 9.88. The van der Waals surface area contributed by atoms with Crippen LogP contribution >= 0.6 is 0 Å². The highest BCUT2D eigenvalue weighted by Gasteiger charge is 2.48. The number of nitrogens with one attached hydrogen (secondary N) is 3. The second-order valence-corrected chi connectivity index (χ2v) is 10.2. The van der Waals surface area contributed by atoms with Gasteiger partial charge in [0.25, 0.3) is 5.91 Å². The van der Waals surface area contributed by atoms with Crippen LogP contribution in [0, 0.1) is 30.6 Å². The van der Waals surface area contributed by atoms with Gasteiger partial charge in [-0.25, -0.2) is 4.98 Å². The van der Waals surface area contributed by atoms with Crippen molar-refractivity contribution in [2.45, 2.75) is 71.8 Å². The van der Waals surface area contributed by atoms with Gasteiger partial charge in [-0.05, 0) is 88.8 Å². The second-order valence-electron chi connectivity index (χ2n) is 10.2. The molecule has 3 N–H and O–H groups in total. The Balaban J connectivity index is 1.41. The zero-order valence-electron chi connectivity index (χ0n) is 26.0. The van der Waals surface area contributed by atoms with E-state index in [2.05, 4.69) is 30.9 Å². The van der Waals surface area contributed by atoms with Gasteiger partial charge in [0, 0.05) is 35.9 Å². The lowest BCUT2D eigenvalue weighted by Crippen LogP contribution is -2.50. The first kappa shape index (κ1) is 19.5. The third-order valence-electron chi connectivity index (χ3n) is 7.11. The predicted molar refractivity (Wildman–Crippen MR) is 137 cm³/mol. The number of halogens is 1. The van der Waals surface area contributed by atoms with Crippen LogP contribution in [0.3, 0.4) is 0 Å². The van der Waals surface area contributed by atoms with Crippen LogP contribution in [0.5, 0.6) is 0 Å². The first-order chi connectivity index (χ1) is 19.7. The highest BCUT2D eigenvalue weighted by Crippen LogP contribution is 2.51. The molecule has 0 unspecified atom stereocenters. The Morgan fingerprint density at radius 1 is 1.24 bits per heavy atom. The van der Waals surface area contributed by atoms with E-state index in [-0.39, 0.29) is 34.6 Å². The molecule has 10 heteroatoms. The number of carbonyl (C=O) groups excluding carboxylic acids is 2. The number of nitrogens with zero attached hydrogens (tertiary/aromatic N) is 4. The summed E-state index contributed by atoms with van der Waals surface area (Å²) in [5.41, 5.74) is -0.0744. The average Bonchev–Trinajstić information content (AvgIpc) is 3.83. The zero-order chi connectivity index (χ0) is 30.6. The van der Waals surface area contributed by atoms with E-state index in [1.54, 1.807) is 10.7 Å². The van der Waals surface area contributed by atoms with Crippen LogP contribution in [0.2, 0.25) is 0 Å². The molecule has 5 rings (SSSR count). The molecule has 3 aromatic heterocycles. The lowest BCUT2D eigenvalue weighted by molar-refractivity contribution is -0.119.